The Bertz CT molecular complexity index is 379. The van der Waals surface area contributed by atoms with Gasteiger partial charge in [0, 0.05) is 12.6 Å². The third kappa shape index (κ3) is 1.76. The van der Waals surface area contributed by atoms with Crippen molar-refractivity contribution in [3.63, 3.8) is 0 Å². The minimum Gasteiger partial charge on any atom is -0.398 e. The molecule has 0 saturated carbocycles. The molecule has 4 heteroatoms. The van der Waals surface area contributed by atoms with E-state index in [2.05, 4.69) is 5.32 Å². The van der Waals surface area contributed by atoms with Crippen LogP contribution in [0.15, 0.2) is 18.2 Å². The average Bonchev–Trinajstić information content (AvgIpc) is 2.16. The Balaban J connectivity index is 3.11. The van der Waals surface area contributed by atoms with Crippen molar-refractivity contribution in [2.45, 2.75) is 0 Å². The normalized spacial score (nSPS) is 8.92. The van der Waals surface area contributed by atoms with E-state index < -0.39 is 0 Å². The van der Waals surface area contributed by atoms with Crippen LogP contribution in [-0.4, -0.2) is 13.0 Å². The molecule has 1 aromatic rings. The minimum atomic E-state index is -0.212. The van der Waals surface area contributed by atoms with Crippen LogP contribution in [0.2, 0.25) is 0 Å². The number of rotatable bonds is 1. The van der Waals surface area contributed by atoms with Gasteiger partial charge in [0.15, 0.2) is 0 Å². The molecule has 0 atom stereocenters. The average molecular weight is 175 g/mol. The van der Waals surface area contributed by atoms with Crippen molar-refractivity contribution in [3.8, 4) is 6.07 Å². The number of nitrogens with zero attached hydrogens (tertiary/aromatic N) is 1. The lowest BCUT2D eigenvalue weighted by Crippen LogP contribution is -2.17. The van der Waals surface area contributed by atoms with Gasteiger partial charge in [-0.25, -0.2) is 0 Å². The second kappa shape index (κ2) is 3.59. The zero-order valence-corrected chi connectivity index (χ0v) is 7.16. The Morgan fingerprint density at radius 1 is 1.62 bits per heavy atom. The SMILES string of the molecule is CNC(=O)c1ccc(C#N)c(N)c1. The van der Waals surface area contributed by atoms with Gasteiger partial charge in [-0.1, -0.05) is 0 Å². The zero-order valence-electron chi connectivity index (χ0n) is 7.16. The van der Waals surface area contributed by atoms with Crippen LogP contribution >= 0.6 is 0 Å². The number of hydrogen-bond acceptors (Lipinski definition) is 3. The van der Waals surface area contributed by atoms with E-state index in [0.29, 0.717) is 16.8 Å². The van der Waals surface area contributed by atoms with Gasteiger partial charge in [-0.2, -0.15) is 5.26 Å². The lowest BCUT2D eigenvalue weighted by molar-refractivity contribution is 0.0963. The lowest BCUT2D eigenvalue weighted by atomic mass is 10.1. The van der Waals surface area contributed by atoms with Crippen LogP contribution in [0.5, 0.6) is 0 Å². The molecule has 0 aliphatic carbocycles. The highest BCUT2D eigenvalue weighted by atomic mass is 16.1. The number of anilines is 1. The molecule has 1 aromatic carbocycles. The Morgan fingerprint density at radius 3 is 2.77 bits per heavy atom. The number of benzene rings is 1. The molecule has 1 amide bonds. The Hall–Kier alpha value is -2.02. The highest BCUT2D eigenvalue weighted by molar-refractivity contribution is 5.95. The molecular weight excluding hydrogens is 166 g/mol. The summed E-state index contributed by atoms with van der Waals surface area (Å²) in [6.45, 7) is 0. The number of hydrogen-bond donors (Lipinski definition) is 2. The summed E-state index contributed by atoms with van der Waals surface area (Å²) in [6, 6.07) is 6.50. The van der Waals surface area contributed by atoms with Crippen LogP contribution in [0.1, 0.15) is 15.9 Å². The van der Waals surface area contributed by atoms with Crippen molar-refractivity contribution < 1.29 is 4.79 Å². The fourth-order valence-corrected chi connectivity index (χ4v) is 0.950. The van der Waals surface area contributed by atoms with Gasteiger partial charge in [0.25, 0.3) is 5.91 Å². The topological polar surface area (TPSA) is 78.9 Å². The van der Waals surface area contributed by atoms with E-state index in [1.54, 1.807) is 6.07 Å². The highest BCUT2D eigenvalue weighted by Gasteiger charge is 2.05. The first kappa shape index (κ1) is 9.07. The third-order valence-corrected chi connectivity index (χ3v) is 1.66. The maximum atomic E-state index is 11.1. The van der Waals surface area contributed by atoms with Crippen LogP contribution in [-0.2, 0) is 0 Å². The highest BCUT2D eigenvalue weighted by Crippen LogP contribution is 2.12. The molecule has 0 radical (unpaired) electrons. The summed E-state index contributed by atoms with van der Waals surface area (Å²) in [5.74, 6) is -0.212. The van der Waals surface area contributed by atoms with Gasteiger partial charge in [-0.3, -0.25) is 4.79 Å². The molecule has 0 bridgehead atoms. The first-order valence-electron chi connectivity index (χ1n) is 3.70. The van der Waals surface area contributed by atoms with E-state index in [0.717, 1.165) is 0 Å². The molecule has 66 valence electrons. The summed E-state index contributed by atoms with van der Waals surface area (Å²) in [7, 11) is 1.54. The Labute approximate surface area is 76.0 Å². The van der Waals surface area contributed by atoms with Crippen molar-refractivity contribution in [2.24, 2.45) is 0 Å². The van der Waals surface area contributed by atoms with E-state index in [4.69, 9.17) is 11.0 Å². The van der Waals surface area contributed by atoms with Crippen molar-refractivity contribution in [3.05, 3.63) is 29.3 Å². The molecule has 0 unspecified atom stereocenters. The molecule has 13 heavy (non-hydrogen) atoms. The number of nitrogen functional groups attached to an aromatic ring is 1. The van der Waals surface area contributed by atoms with Crippen LogP contribution < -0.4 is 11.1 Å². The van der Waals surface area contributed by atoms with E-state index in [1.165, 1.54) is 19.2 Å². The zero-order chi connectivity index (χ0) is 9.84. The maximum Gasteiger partial charge on any atom is 0.251 e. The summed E-state index contributed by atoms with van der Waals surface area (Å²) < 4.78 is 0. The molecule has 0 saturated heterocycles. The summed E-state index contributed by atoms with van der Waals surface area (Å²) >= 11 is 0. The van der Waals surface area contributed by atoms with Gasteiger partial charge in [0.05, 0.1) is 11.3 Å². The molecule has 0 heterocycles. The van der Waals surface area contributed by atoms with Crippen molar-refractivity contribution in [1.82, 2.24) is 5.32 Å². The van der Waals surface area contributed by atoms with Crippen LogP contribution in [0, 0.1) is 11.3 Å². The van der Waals surface area contributed by atoms with E-state index in [-0.39, 0.29) is 5.91 Å². The van der Waals surface area contributed by atoms with Gasteiger partial charge >= 0.3 is 0 Å². The van der Waals surface area contributed by atoms with E-state index in [9.17, 15) is 4.79 Å². The lowest BCUT2D eigenvalue weighted by Gasteiger charge is -2.01. The quantitative estimate of drug-likeness (QED) is 0.610. The molecule has 0 aliphatic heterocycles. The van der Waals surface area contributed by atoms with Gasteiger partial charge in [0.2, 0.25) is 0 Å². The number of nitrogens with two attached hydrogens (primary N) is 1. The van der Waals surface area contributed by atoms with E-state index in [1.807, 2.05) is 6.07 Å². The summed E-state index contributed by atoms with van der Waals surface area (Å²) in [5.41, 5.74) is 6.68. The van der Waals surface area contributed by atoms with Crippen molar-refractivity contribution in [2.75, 3.05) is 12.8 Å². The van der Waals surface area contributed by atoms with Crippen molar-refractivity contribution in [1.29, 1.82) is 5.26 Å². The summed E-state index contributed by atoms with van der Waals surface area (Å²) in [4.78, 5) is 11.1. The number of amides is 1. The van der Waals surface area contributed by atoms with Crippen molar-refractivity contribution >= 4 is 11.6 Å². The van der Waals surface area contributed by atoms with E-state index >= 15 is 0 Å². The minimum absolute atomic E-state index is 0.212. The number of carbonyl (C=O) groups excluding carboxylic acids is 1. The second-order valence-corrected chi connectivity index (χ2v) is 2.49. The molecule has 3 N–H and O–H groups in total. The molecule has 0 fully saturated rings. The van der Waals surface area contributed by atoms with Crippen LogP contribution in [0.25, 0.3) is 0 Å². The fourth-order valence-electron chi connectivity index (χ4n) is 0.950. The smallest absolute Gasteiger partial charge is 0.251 e. The predicted molar refractivity (Wildman–Crippen MR) is 49.0 cm³/mol. The Morgan fingerprint density at radius 2 is 2.31 bits per heavy atom. The van der Waals surface area contributed by atoms with Gasteiger partial charge in [-0.05, 0) is 18.2 Å². The largest absolute Gasteiger partial charge is 0.398 e. The first-order valence-corrected chi connectivity index (χ1v) is 3.70. The maximum absolute atomic E-state index is 11.1. The first-order chi connectivity index (χ1) is 6.19. The molecule has 0 aromatic heterocycles. The van der Waals surface area contributed by atoms with Gasteiger partial charge < -0.3 is 11.1 Å². The van der Waals surface area contributed by atoms with Crippen LogP contribution in [0.3, 0.4) is 0 Å². The molecule has 0 spiro atoms. The molecular formula is C9H9N3O. The second-order valence-electron chi connectivity index (χ2n) is 2.49. The Kier molecular flexibility index (Phi) is 2.50. The monoisotopic (exact) mass is 175 g/mol. The summed E-state index contributed by atoms with van der Waals surface area (Å²) in [5, 5.41) is 11.0. The van der Waals surface area contributed by atoms with Gasteiger partial charge in [-0.15, -0.1) is 0 Å². The molecule has 0 aliphatic rings. The molecule has 4 nitrogen and oxygen atoms in total. The summed E-state index contributed by atoms with van der Waals surface area (Å²) in [6.07, 6.45) is 0. The van der Waals surface area contributed by atoms with Crippen LogP contribution in [0.4, 0.5) is 5.69 Å². The standard InChI is InChI=1S/C9H9N3O/c1-12-9(13)6-2-3-7(5-10)8(11)4-6/h2-4H,11H2,1H3,(H,12,13). The predicted octanol–water partition coefficient (Wildman–Crippen LogP) is 0.500. The third-order valence-electron chi connectivity index (χ3n) is 1.66. The molecule has 1 rings (SSSR count). The number of carbonyl (C=O) groups is 1. The fraction of sp³-hybridized carbons (Fsp3) is 0.111. The number of nitriles is 1. The van der Waals surface area contributed by atoms with Gasteiger partial charge in [0.1, 0.15) is 6.07 Å². The number of nitrogens with one attached hydrogen (secondary N) is 1.